The molecule has 0 aliphatic rings. The highest BCUT2D eigenvalue weighted by atomic mass is 16.5. The summed E-state index contributed by atoms with van der Waals surface area (Å²) >= 11 is 0. The molecule has 6 nitrogen and oxygen atoms in total. The summed E-state index contributed by atoms with van der Waals surface area (Å²) in [5.74, 6) is -0.453. The fourth-order valence-electron chi connectivity index (χ4n) is 1.72. The Morgan fingerprint density at radius 1 is 1.28 bits per heavy atom. The van der Waals surface area contributed by atoms with Gasteiger partial charge in [-0.3, -0.25) is 4.79 Å². The number of carbonyl (C=O) groups is 2. The highest BCUT2D eigenvalue weighted by Crippen LogP contribution is 2.14. The summed E-state index contributed by atoms with van der Waals surface area (Å²) in [5, 5.41) is 14.1. The second kappa shape index (κ2) is 9.70. The van der Waals surface area contributed by atoms with Crippen molar-refractivity contribution < 1.29 is 19.4 Å². The standard InChI is InChI=1S/C12H24N2O4/c1-9(2)6-10(7-11(15)16)8-14-12(17)13-4-5-18-3/h9-10H,4-8H2,1-3H3,(H,15,16)(H2,13,14,17). The SMILES string of the molecule is COCCNC(=O)NCC(CC(=O)O)CC(C)C. The van der Waals surface area contributed by atoms with Gasteiger partial charge in [0.25, 0.3) is 0 Å². The van der Waals surface area contributed by atoms with E-state index in [0.29, 0.717) is 25.6 Å². The first-order valence-corrected chi connectivity index (χ1v) is 6.18. The normalized spacial score (nSPS) is 12.2. The Balaban J connectivity index is 3.93. The van der Waals surface area contributed by atoms with Crippen LogP contribution in [0.3, 0.4) is 0 Å². The summed E-state index contributed by atoms with van der Waals surface area (Å²) in [6, 6.07) is -0.286. The molecule has 0 aliphatic carbocycles. The van der Waals surface area contributed by atoms with Crippen LogP contribution in [0.1, 0.15) is 26.7 Å². The quantitative estimate of drug-likeness (QED) is 0.541. The van der Waals surface area contributed by atoms with Crippen LogP contribution >= 0.6 is 0 Å². The van der Waals surface area contributed by atoms with Crippen LogP contribution in [-0.2, 0) is 9.53 Å². The molecule has 0 radical (unpaired) electrons. The average Bonchev–Trinajstić information content (AvgIpc) is 2.25. The summed E-state index contributed by atoms with van der Waals surface area (Å²) in [4.78, 5) is 22.1. The molecule has 106 valence electrons. The lowest BCUT2D eigenvalue weighted by molar-refractivity contribution is -0.138. The Morgan fingerprint density at radius 3 is 2.44 bits per heavy atom. The number of carboxylic acids is 1. The van der Waals surface area contributed by atoms with Gasteiger partial charge in [0.15, 0.2) is 0 Å². The van der Waals surface area contributed by atoms with E-state index in [9.17, 15) is 9.59 Å². The van der Waals surface area contributed by atoms with Crippen LogP contribution in [0, 0.1) is 11.8 Å². The number of carbonyl (C=O) groups excluding carboxylic acids is 1. The number of aliphatic carboxylic acids is 1. The molecule has 0 fully saturated rings. The molecule has 0 aromatic heterocycles. The fourth-order valence-corrected chi connectivity index (χ4v) is 1.72. The van der Waals surface area contributed by atoms with Gasteiger partial charge in [-0.2, -0.15) is 0 Å². The van der Waals surface area contributed by atoms with Gasteiger partial charge in [0.05, 0.1) is 6.61 Å². The number of amides is 2. The lowest BCUT2D eigenvalue weighted by Gasteiger charge is -2.18. The number of ether oxygens (including phenoxy) is 1. The minimum atomic E-state index is -0.831. The maximum absolute atomic E-state index is 11.4. The number of nitrogens with one attached hydrogen (secondary N) is 2. The number of methoxy groups -OCH3 is 1. The zero-order valence-corrected chi connectivity index (χ0v) is 11.4. The molecule has 2 amide bonds. The number of urea groups is 1. The average molecular weight is 260 g/mol. The third-order valence-electron chi connectivity index (χ3n) is 2.41. The van der Waals surface area contributed by atoms with Crippen molar-refractivity contribution in [3.63, 3.8) is 0 Å². The summed E-state index contributed by atoms with van der Waals surface area (Å²) in [5.41, 5.74) is 0. The summed E-state index contributed by atoms with van der Waals surface area (Å²) < 4.78 is 4.80. The minimum Gasteiger partial charge on any atom is -0.481 e. The minimum absolute atomic E-state index is 0.0318. The molecule has 0 rings (SSSR count). The van der Waals surface area contributed by atoms with Gasteiger partial charge in [-0.1, -0.05) is 13.8 Å². The van der Waals surface area contributed by atoms with Crippen LogP contribution in [0.25, 0.3) is 0 Å². The molecule has 1 unspecified atom stereocenters. The predicted octanol–water partition coefficient (Wildman–Crippen LogP) is 1.07. The molecule has 0 spiro atoms. The second-order valence-corrected chi connectivity index (χ2v) is 4.72. The topological polar surface area (TPSA) is 87.7 Å². The number of hydrogen-bond donors (Lipinski definition) is 3. The zero-order chi connectivity index (χ0) is 14.0. The molecule has 0 bridgehead atoms. The predicted molar refractivity (Wildman–Crippen MR) is 68.5 cm³/mol. The molecule has 1 atom stereocenters. The Kier molecular flexibility index (Phi) is 9.00. The molecule has 0 heterocycles. The fraction of sp³-hybridized carbons (Fsp3) is 0.833. The van der Waals surface area contributed by atoms with Crippen molar-refractivity contribution in [2.24, 2.45) is 11.8 Å². The number of carboxylic acid groups (broad SMARTS) is 1. The van der Waals surface area contributed by atoms with E-state index in [0.717, 1.165) is 6.42 Å². The second-order valence-electron chi connectivity index (χ2n) is 4.72. The van der Waals surface area contributed by atoms with E-state index >= 15 is 0 Å². The van der Waals surface area contributed by atoms with Gasteiger partial charge in [0.1, 0.15) is 0 Å². The van der Waals surface area contributed by atoms with Crippen molar-refractivity contribution in [3.05, 3.63) is 0 Å². The van der Waals surface area contributed by atoms with Gasteiger partial charge in [-0.25, -0.2) is 4.79 Å². The van der Waals surface area contributed by atoms with Gasteiger partial charge in [-0.15, -0.1) is 0 Å². The lowest BCUT2D eigenvalue weighted by atomic mass is 9.94. The monoisotopic (exact) mass is 260 g/mol. The smallest absolute Gasteiger partial charge is 0.314 e. The molecule has 0 aromatic carbocycles. The number of hydrogen-bond acceptors (Lipinski definition) is 3. The maximum atomic E-state index is 11.4. The van der Waals surface area contributed by atoms with Gasteiger partial charge in [0.2, 0.25) is 0 Å². The highest BCUT2D eigenvalue weighted by molar-refractivity contribution is 5.74. The third-order valence-corrected chi connectivity index (χ3v) is 2.41. The van der Waals surface area contributed by atoms with Crippen molar-refractivity contribution in [3.8, 4) is 0 Å². The molecular weight excluding hydrogens is 236 g/mol. The van der Waals surface area contributed by atoms with E-state index in [1.165, 1.54) is 0 Å². The maximum Gasteiger partial charge on any atom is 0.314 e. The number of rotatable bonds is 9. The van der Waals surface area contributed by atoms with Crippen molar-refractivity contribution in [1.29, 1.82) is 0 Å². The molecule has 0 saturated heterocycles. The van der Waals surface area contributed by atoms with Crippen LogP contribution in [0.2, 0.25) is 0 Å². The van der Waals surface area contributed by atoms with E-state index in [4.69, 9.17) is 9.84 Å². The first-order valence-electron chi connectivity index (χ1n) is 6.18. The van der Waals surface area contributed by atoms with Gasteiger partial charge in [-0.05, 0) is 18.3 Å². The molecule has 18 heavy (non-hydrogen) atoms. The van der Waals surface area contributed by atoms with Crippen molar-refractivity contribution >= 4 is 12.0 Å². The van der Waals surface area contributed by atoms with E-state index < -0.39 is 5.97 Å². The van der Waals surface area contributed by atoms with E-state index in [1.54, 1.807) is 7.11 Å². The van der Waals surface area contributed by atoms with Crippen molar-refractivity contribution in [1.82, 2.24) is 10.6 Å². The highest BCUT2D eigenvalue weighted by Gasteiger charge is 2.15. The Labute approximate surface area is 108 Å². The van der Waals surface area contributed by atoms with Crippen LogP contribution in [-0.4, -0.2) is 43.9 Å². The van der Waals surface area contributed by atoms with E-state index in [-0.39, 0.29) is 18.4 Å². The van der Waals surface area contributed by atoms with Gasteiger partial charge < -0.3 is 20.5 Å². The third kappa shape index (κ3) is 9.89. The first-order chi connectivity index (χ1) is 8.45. The van der Waals surface area contributed by atoms with Crippen molar-refractivity contribution in [2.75, 3.05) is 26.8 Å². The zero-order valence-electron chi connectivity index (χ0n) is 11.4. The molecule has 0 saturated carbocycles. The van der Waals surface area contributed by atoms with Crippen LogP contribution in [0.4, 0.5) is 4.79 Å². The molecule has 0 aromatic rings. The molecule has 3 N–H and O–H groups in total. The van der Waals surface area contributed by atoms with Gasteiger partial charge in [0, 0.05) is 26.6 Å². The van der Waals surface area contributed by atoms with Crippen LogP contribution < -0.4 is 10.6 Å². The largest absolute Gasteiger partial charge is 0.481 e. The van der Waals surface area contributed by atoms with Crippen LogP contribution in [0.15, 0.2) is 0 Å². The summed E-state index contributed by atoms with van der Waals surface area (Å²) in [6.07, 6.45) is 0.862. The molecule has 0 aliphatic heterocycles. The van der Waals surface area contributed by atoms with E-state index in [1.807, 2.05) is 13.8 Å². The first kappa shape index (κ1) is 16.7. The lowest BCUT2D eigenvalue weighted by Crippen LogP contribution is -2.40. The Hall–Kier alpha value is -1.30. The van der Waals surface area contributed by atoms with Gasteiger partial charge >= 0.3 is 12.0 Å². The Bertz CT molecular complexity index is 256. The summed E-state index contributed by atoms with van der Waals surface area (Å²) in [7, 11) is 1.56. The van der Waals surface area contributed by atoms with Crippen molar-refractivity contribution in [2.45, 2.75) is 26.7 Å². The van der Waals surface area contributed by atoms with E-state index in [2.05, 4.69) is 10.6 Å². The molecule has 6 heteroatoms. The van der Waals surface area contributed by atoms with Crippen LogP contribution in [0.5, 0.6) is 0 Å². The summed E-state index contributed by atoms with van der Waals surface area (Å²) in [6.45, 7) is 5.35. The Morgan fingerprint density at radius 2 is 1.94 bits per heavy atom. The molecular formula is C12H24N2O4.